The molecular weight excluding hydrogens is 447 g/mol. The van der Waals surface area contributed by atoms with E-state index in [1.807, 2.05) is 0 Å². The van der Waals surface area contributed by atoms with Crippen LogP contribution >= 0.6 is 0 Å². The van der Waals surface area contributed by atoms with Gasteiger partial charge in [-0.25, -0.2) is 17.6 Å². The smallest absolute Gasteiger partial charge is 0.321 e. The number of rotatable bonds is 5. The molecule has 2 aromatic rings. The van der Waals surface area contributed by atoms with Gasteiger partial charge >= 0.3 is 6.03 Å². The summed E-state index contributed by atoms with van der Waals surface area (Å²) in [5, 5.41) is 2.96. The summed E-state index contributed by atoms with van der Waals surface area (Å²) in [5.41, 5.74) is 0.563. The molecule has 1 fully saturated rings. The third-order valence-corrected chi connectivity index (χ3v) is 8.06. The van der Waals surface area contributed by atoms with Crippen LogP contribution in [0.4, 0.5) is 23.7 Å². The van der Waals surface area contributed by atoms with Gasteiger partial charge in [-0.1, -0.05) is 0 Å². The van der Waals surface area contributed by atoms with Crippen LogP contribution in [0.2, 0.25) is 0 Å². The minimum absolute atomic E-state index is 0.101. The highest BCUT2D eigenvalue weighted by atomic mass is 32.2. The van der Waals surface area contributed by atoms with E-state index in [9.17, 15) is 22.0 Å². The summed E-state index contributed by atoms with van der Waals surface area (Å²) < 4.78 is 69.7. The molecule has 2 amide bonds. The standard InChI is InChI=1S/C20H26F3N5O3S/c1-13-11-15(5-8-24-13)25-18(29)28-9-6-14(7-10-28)20(3,23)32(30,31)17-12-16(19(2,21)22)26-27(17)4/h5,8,11-12,14H,6-7,9-10H2,1-4H3,(H,24,25,29)/t20-/m1/s1. The first-order valence-electron chi connectivity index (χ1n) is 10.1. The number of carbonyl (C=O) groups excluding carboxylic acids is 1. The van der Waals surface area contributed by atoms with E-state index in [1.165, 1.54) is 11.9 Å². The zero-order chi connectivity index (χ0) is 23.9. The van der Waals surface area contributed by atoms with Crippen molar-refractivity contribution in [2.45, 2.75) is 49.6 Å². The van der Waals surface area contributed by atoms with Gasteiger partial charge in [-0.2, -0.15) is 13.9 Å². The number of likely N-dealkylation sites (tertiary alicyclic amines) is 1. The second-order valence-corrected chi connectivity index (χ2v) is 10.5. The number of hydrogen-bond donors (Lipinski definition) is 1. The number of alkyl halides is 3. The fraction of sp³-hybridized carbons (Fsp3) is 0.550. The Bertz CT molecular complexity index is 1100. The van der Waals surface area contributed by atoms with Gasteiger partial charge in [-0.15, -0.1) is 0 Å². The van der Waals surface area contributed by atoms with E-state index in [0.717, 1.165) is 17.3 Å². The lowest BCUT2D eigenvalue weighted by molar-refractivity contribution is 0.0122. The molecule has 3 heterocycles. The second-order valence-electron chi connectivity index (χ2n) is 8.25. The Hall–Kier alpha value is -2.63. The molecule has 1 atom stereocenters. The molecule has 1 N–H and O–H groups in total. The topological polar surface area (TPSA) is 97.2 Å². The number of anilines is 1. The van der Waals surface area contributed by atoms with Gasteiger partial charge in [-0.05, 0) is 38.8 Å². The number of nitrogens with one attached hydrogen (secondary N) is 1. The zero-order valence-electron chi connectivity index (χ0n) is 18.3. The number of halogens is 3. The van der Waals surface area contributed by atoms with Gasteiger partial charge in [0.05, 0.1) is 0 Å². The van der Waals surface area contributed by atoms with E-state index in [4.69, 9.17) is 0 Å². The van der Waals surface area contributed by atoms with Gasteiger partial charge in [-0.3, -0.25) is 9.67 Å². The maximum atomic E-state index is 15.7. The Labute approximate surface area is 184 Å². The van der Waals surface area contributed by atoms with E-state index in [-0.39, 0.29) is 32.0 Å². The van der Waals surface area contributed by atoms with E-state index < -0.39 is 37.4 Å². The highest BCUT2D eigenvalue weighted by Gasteiger charge is 2.50. The van der Waals surface area contributed by atoms with Crippen molar-refractivity contribution >= 4 is 21.6 Å². The van der Waals surface area contributed by atoms with Gasteiger partial charge in [0.15, 0.2) is 5.03 Å². The number of nitrogens with zero attached hydrogens (tertiary/aromatic N) is 4. The molecule has 0 spiro atoms. The fourth-order valence-corrected chi connectivity index (χ4v) is 5.50. The monoisotopic (exact) mass is 473 g/mol. The summed E-state index contributed by atoms with van der Waals surface area (Å²) in [5.74, 6) is -4.27. The molecular formula is C20H26F3N5O3S. The van der Waals surface area contributed by atoms with Crippen molar-refractivity contribution in [1.82, 2.24) is 19.7 Å². The molecule has 0 aliphatic carbocycles. The van der Waals surface area contributed by atoms with Crippen LogP contribution in [0.5, 0.6) is 0 Å². The first-order chi connectivity index (χ1) is 14.7. The molecule has 1 aliphatic rings. The Morgan fingerprint density at radius 3 is 2.34 bits per heavy atom. The molecule has 0 saturated carbocycles. The highest BCUT2D eigenvalue weighted by molar-refractivity contribution is 7.92. The number of hydrogen-bond acceptors (Lipinski definition) is 5. The van der Waals surface area contributed by atoms with Crippen LogP contribution in [-0.2, 0) is 22.8 Å². The van der Waals surface area contributed by atoms with E-state index in [0.29, 0.717) is 18.7 Å². The molecule has 0 unspecified atom stereocenters. The first-order valence-corrected chi connectivity index (χ1v) is 11.6. The summed E-state index contributed by atoms with van der Waals surface area (Å²) in [7, 11) is -3.44. The van der Waals surface area contributed by atoms with Crippen LogP contribution in [0.25, 0.3) is 0 Å². The van der Waals surface area contributed by atoms with Crippen LogP contribution in [0, 0.1) is 12.8 Å². The van der Waals surface area contributed by atoms with Gasteiger partial charge in [0, 0.05) is 56.6 Å². The number of pyridine rings is 1. The van der Waals surface area contributed by atoms with Gasteiger partial charge in [0.25, 0.3) is 5.92 Å². The first kappa shape index (κ1) is 24.0. The lowest BCUT2D eigenvalue weighted by atomic mass is 9.92. The number of amides is 2. The quantitative estimate of drug-likeness (QED) is 0.715. The predicted molar refractivity (Wildman–Crippen MR) is 112 cm³/mol. The van der Waals surface area contributed by atoms with Crippen molar-refractivity contribution in [2.75, 3.05) is 18.4 Å². The molecule has 32 heavy (non-hydrogen) atoms. The van der Waals surface area contributed by atoms with Crippen molar-refractivity contribution in [1.29, 1.82) is 0 Å². The van der Waals surface area contributed by atoms with Gasteiger partial charge in [0.2, 0.25) is 14.8 Å². The third-order valence-electron chi connectivity index (χ3n) is 5.75. The largest absolute Gasteiger partial charge is 0.325 e. The summed E-state index contributed by atoms with van der Waals surface area (Å²) in [6, 6.07) is 3.69. The fourth-order valence-electron chi connectivity index (χ4n) is 3.76. The van der Waals surface area contributed by atoms with Crippen LogP contribution in [0.1, 0.15) is 38.1 Å². The molecule has 3 rings (SSSR count). The molecule has 8 nitrogen and oxygen atoms in total. The van der Waals surface area contributed by atoms with Gasteiger partial charge < -0.3 is 10.2 Å². The summed E-state index contributed by atoms with van der Waals surface area (Å²) >= 11 is 0. The molecule has 0 aromatic carbocycles. The van der Waals surface area contributed by atoms with Crippen LogP contribution in [0.15, 0.2) is 29.4 Å². The molecule has 0 bridgehead atoms. The minimum atomic E-state index is -4.62. The number of carbonyl (C=O) groups is 1. The zero-order valence-corrected chi connectivity index (χ0v) is 19.1. The Morgan fingerprint density at radius 2 is 1.81 bits per heavy atom. The molecule has 176 valence electrons. The molecule has 1 saturated heterocycles. The normalized spacial score (nSPS) is 17.8. The number of piperidine rings is 1. The average molecular weight is 474 g/mol. The Kier molecular flexibility index (Phi) is 6.29. The lowest BCUT2D eigenvalue weighted by Crippen LogP contribution is -2.48. The van der Waals surface area contributed by atoms with E-state index in [2.05, 4.69) is 15.4 Å². The number of urea groups is 1. The Morgan fingerprint density at radius 1 is 1.19 bits per heavy atom. The third kappa shape index (κ3) is 4.59. The maximum Gasteiger partial charge on any atom is 0.321 e. The van der Waals surface area contributed by atoms with Crippen LogP contribution in [-0.4, -0.2) is 52.2 Å². The number of sulfone groups is 1. The van der Waals surface area contributed by atoms with Gasteiger partial charge in [0.1, 0.15) is 5.69 Å². The maximum absolute atomic E-state index is 15.7. The molecule has 12 heteroatoms. The van der Waals surface area contributed by atoms with Crippen LogP contribution in [0.3, 0.4) is 0 Å². The van der Waals surface area contributed by atoms with E-state index in [1.54, 1.807) is 25.3 Å². The van der Waals surface area contributed by atoms with Crippen molar-refractivity contribution in [2.24, 2.45) is 13.0 Å². The summed E-state index contributed by atoms with van der Waals surface area (Å²) in [6.07, 6.45) is 1.77. The summed E-state index contributed by atoms with van der Waals surface area (Å²) in [4.78, 5) is 18.0. The summed E-state index contributed by atoms with van der Waals surface area (Å²) in [6.45, 7) is 3.63. The van der Waals surface area contributed by atoms with E-state index >= 15 is 4.39 Å². The van der Waals surface area contributed by atoms with Crippen molar-refractivity contribution in [3.05, 3.63) is 35.8 Å². The molecule has 1 aliphatic heterocycles. The van der Waals surface area contributed by atoms with Crippen molar-refractivity contribution in [3.8, 4) is 0 Å². The molecule has 0 radical (unpaired) electrons. The predicted octanol–water partition coefficient (Wildman–Crippen LogP) is 3.64. The second kappa shape index (κ2) is 8.38. The number of aryl methyl sites for hydroxylation is 2. The SMILES string of the molecule is Cc1cc(NC(=O)N2CCC([C@](C)(F)S(=O)(=O)c3cc(C(C)(F)F)nn3C)CC2)ccn1. The number of aromatic nitrogens is 3. The van der Waals surface area contributed by atoms with Crippen molar-refractivity contribution in [3.63, 3.8) is 0 Å². The lowest BCUT2D eigenvalue weighted by Gasteiger charge is -2.37. The van der Waals surface area contributed by atoms with Crippen molar-refractivity contribution < 1.29 is 26.4 Å². The van der Waals surface area contributed by atoms with Crippen LogP contribution < -0.4 is 5.32 Å². The molecule has 2 aromatic heterocycles. The Balaban J connectivity index is 1.71. The highest BCUT2D eigenvalue weighted by Crippen LogP contribution is 2.40. The average Bonchev–Trinajstić information content (AvgIpc) is 3.11. The minimum Gasteiger partial charge on any atom is -0.325 e.